The molecule has 0 bridgehead atoms. The van der Waals surface area contributed by atoms with Gasteiger partial charge in [0.05, 0.1) is 5.56 Å². The van der Waals surface area contributed by atoms with Crippen LogP contribution in [0.3, 0.4) is 0 Å². The molecule has 92 valence electrons. The fourth-order valence-electron chi connectivity index (χ4n) is 1.76. The fraction of sp³-hybridized carbons (Fsp3) is 0.333. The highest BCUT2D eigenvalue weighted by atomic mass is 31.0. The van der Waals surface area contributed by atoms with Crippen LogP contribution < -0.4 is 5.73 Å². The molecule has 2 N–H and O–H groups in total. The van der Waals surface area contributed by atoms with Crippen LogP contribution in [0, 0.1) is 0 Å². The number of carbonyl (C=O) groups excluding carboxylic acids is 2. The van der Waals surface area contributed by atoms with Gasteiger partial charge >= 0.3 is 0 Å². The number of rotatable bonds is 2. The molecule has 1 heterocycles. The molecule has 1 unspecified atom stereocenters. The largest absolute Gasteiger partial charge is 0.330 e. The molecule has 1 atom stereocenters. The van der Waals surface area contributed by atoms with E-state index < -0.39 is 0 Å². The standard InChI is InChI=1S/C10H11N2O2P.C2H6/c11-4-3-6-5-12(15)10-8(14)2-1-7(13)9(6)10;1-2/h1-2,5H,3-4,11,15H2;1-2H3. The number of fused-ring (bicyclic) bond motifs is 1. The van der Waals surface area contributed by atoms with E-state index >= 15 is 0 Å². The quantitative estimate of drug-likeness (QED) is 0.813. The van der Waals surface area contributed by atoms with Gasteiger partial charge in [0.25, 0.3) is 0 Å². The maximum absolute atomic E-state index is 11.6. The minimum atomic E-state index is -0.136. The number of aromatic nitrogens is 1. The van der Waals surface area contributed by atoms with Crippen LogP contribution in [0.25, 0.3) is 0 Å². The Morgan fingerprint density at radius 3 is 2.41 bits per heavy atom. The Morgan fingerprint density at radius 2 is 1.82 bits per heavy atom. The van der Waals surface area contributed by atoms with E-state index in [0.717, 1.165) is 5.56 Å². The minimum Gasteiger partial charge on any atom is -0.330 e. The lowest BCUT2D eigenvalue weighted by atomic mass is 9.97. The van der Waals surface area contributed by atoms with Crippen molar-refractivity contribution in [2.75, 3.05) is 6.54 Å². The van der Waals surface area contributed by atoms with Crippen molar-refractivity contribution in [3.8, 4) is 0 Å². The highest BCUT2D eigenvalue weighted by Gasteiger charge is 2.25. The molecule has 1 aliphatic carbocycles. The van der Waals surface area contributed by atoms with E-state index in [1.807, 2.05) is 13.8 Å². The number of hydrogen-bond donors (Lipinski definition) is 1. The highest BCUT2D eigenvalue weighted by molar-refractivity contribution is 7.14. The van der Waals surface area contributed by atoms with Gasteiger partial charge in [-0.05, 0) is 40.1 Å². The van der Waals surface area contributed by atoms with Crippen molar-refractivity contribution in [1.29, 1.82) is 0 Å². The molecular formula is C12H17N2O2P. The molecule has 0 aliphatic heterocycles. The number of ketones is 2. The van der Waals surface area contributed by atoms with Crippen LogP contribution in [0.15, 0.2) is 18.3 Å². The van der Waals surface area contributed by atoms with Crippen LogP contribution >= 0.6 is 9.39 Å². The van der Waals surface area contributed by atoms with Gasteiger partial charge in [0.15, 0.2) is 5.78 Å². The third-order valence-corrected chi connectivity index (χ3v) is 2.80. The van der Waals surface area contributed by atoms with Crippen LogP contribution in [0.5, 0.6) is 0 Å². The second-order valence-electron chi connectivity index (χ2n) is 3.39. The van der Waals surface area contributed by atoms with Crippen LogP contribution in [0.1, 0.15) is 40.3 Å². The van der Waals surface area contributed by atoms with Crippen LogP contribution in [-0.2, 0) is 6.42 Å². The van der Waals surface area contributed by atoms with Crippen molar-refractivity contribution in [3.05, 3.63) is 35.2 Å². The number of nitrogens with two attached hydrogens (primary N) is 1. The molecule has 4 nitrogen and oxygen atoms in total. The fourth-order valence-corrected chi connectivity index (χ4v) is 2.20. The summed E-state index contributed by atoms with van der Waals surface area (Å²) in [6.45, 7) is 4.46. The molecule has 5 heteroatoms. The summed E-state index contributed by atoms with van der Waals surface area (Å²) in [5, 5.41) is 0. The Balaban J connectivity index is 0.000000686. The average molecular weight is 252 g/mol. The maximum atomic E-state index is 11.6. The van der Waals surface area contributed by atoms with Crippen molar-refractivity contribution in [2.45, 2.75) is 20.3 Å². The van der Waals surface area contributed by atoms with Crippen LogP contribution in [0.2, 0.25) is 0 Å². The summed E-state index contributed by atoms with van der Waals surface area (Å²) in [5.74, 6) is -0.253. The van der Waals surface area contributed by atoms with Crippen LogP contribution in [0.4, 0.5) is 0 Å². The molecule has 1 aliphatic rings. The number of carbonyl (C=O) groups is 2. The molecule has 0 saturated heterocycles. The predicted molar refractivity (Wildman–Crippen MR) is 71.4 cm³/mol. The van der Waals surface area contributed by atoms with Crippen molar-refractivity contribution in [1.82, 2.24) is 4.34 Å². The molecule has 0 aromatic carbocycles. The maximum Gasteiger partial charge on any atom is 0.203 e. The van der Waals surface area contributed by atoms with E-state index in [9.17, 15) is 9.59 Å². The Labute approximate surface area is 103 Å². The van der Waals surface area contributed by atoms with E-state index in [1.54, 1.807) is 10.5 Å². The monoisotopic (exact) mass is 252 g/mol. The molecule has 2 rings (SSSR count). The van der Waals surface area contributed by atoms with E-state index in [-0.39, 0.29) is 11.6 Å². The predicted octanol–water partition coefficient (Wildman–Crippen LogP) is 1.59. The SMILES string of the molecule is CC.NCCc1cn(P)c2c1C(=O)C=CC2=O. The summed E-state index contributed by atoms with van der Waals surface area (Å²) in [6, 6.07) is 0. The normalized spacial score (nSPS) is 13.2. The molecule has 0 radical (unpaired) electrons. The first kappa shape index (κ1) is 13.8. The molecule has 0 spiro atoms. The van der Waals surface area contributed by atoms with Gasteiger partial charge in [-0.2, -0.15) is 0 Å². The van der Waals surface area contributed by atoms with Gasteiger partial charge in [-0.1, -0.05) is 13.8 Å². The number of hydrogen-bond acceptors (Lipinski definition) is 3. The van der Waals surface area contributed by atoms with Gasteiger partial charge in [0.2, 0.25) is 5.78 Å². The second-order valence-corrected chi connectivity index (χ2v) is 3.94. The smallest absolute Gasteiger partial charge is 0.203 e. The first-order valence-electron chi connectivity index (χ1n) is 5.61. The average Bonchev–Trinajstić information content (AvgIpc) is 2.66. The lowest BCUT2D eigenvalue weighted by molar-refractivity contribution is 0.0990. The molecule has 1 aromatic heterocycles. The Bertz CT molecular complexity index is 475. The van der Waals surface area contributed by atoms with E-state index in [1.165, 1.54) is 12.2 Å². The highest BCUT2D eigenvalue weighted by Crippen LogP contribution is 2.25. The van der Waals surface area contributed by atoms with Gasteiger partial charge in [-0.15, -0.1) is 0 Å². The van der Waals surface area contributed by atoms with Crippen LogP contribution in [-0.4, -0.2) is 22.4 Å². The topological polar surface area (TPSA) is 65.1 Å². The molecule has 17 heavy (non-hydrogen) atoms. The lowest BCUT2D eigenvalue weighted by Crippen LogP contribution is -2.14. The molecular weight excluding hydrogens is 235 g/mol. The van der Waals surface area contributed by atoms with Gasteiger partial charge in [-0.3, -0.25) is 9.59 Å². The second kappa shape index (κ2) is 5.89. The summed E-state index contributed by atoms with van der Waals surface area (Å²) in [5.41, 5.74) is 7.23. The first-order valence-corrected chi connectivity index (χ1v) is 6.13. The van der Waals surface area contributed by atoms with Crippen molar-refractivity contribution in [2.24, 2.45) is 5.73 Å². The van der Waals surface area contributed by atoms with Gasteiger partial charge in [-0.25, -0.2) is 0 Å². The lowest BCUT2D eigenvalue weighted by Gasteiger charge is -2.06. The zero-order valence-corrected chi connectivity index (χ0v) is 11.2. The van der Waals surface area contributed by atoms with Crippen molar-refractivity contribution >= 4 is 21.0 Å². The third kappa shape index (κ3) is 2.54. The third-order valence-electron chi connectivity index (χ3n) is 2.39. The summed E-state index contributed by atoms with van der Waals surface area (Å²) in [4.78, 5) is 23.2. The first-order chi connectivity index (χ1) is 8.15. The summed E-state index contributed by atoms with van der Waals surface area (Å²) < 4.78 is 1.62. The zero-order valence-electron chi connectivity index (χ0n) is 10.1. The molecule has 0 amide bonds. The summed E-state index contributed by atoms with van der Waals surface area (Å²) >= 11 is 0. The van der Waals surface area contributed by atoms with Gasteiger partial charge in [0.1, 0.15) is 5.69 Å². The zero-order chi connectivity index (χ0) is 13.0. The Morgan fingerprint density at radius 1 is 1.24 bits per heavy atom. The summed E-state index contributed by atoms with van der Waals surface area (Å²) in [6.07, 6.45) is 4.99. The van der Waals surface area contributed by atoms with Gasteiger partial charge in [0, 0.05) is 6.20 Å². The van der Waals surface area contributed by atoms with Crippen molar-refractivity contribution < 1.29 is 9.59 Å². The number of nitrogens with zero attached hydrogens (tertiary/aromatic N) is 1. The van der Waals surface area contributed by atoms with E-state index in [2.05, 4.69) is 9.39 Å². The van der Waals surface area contributed by atoms with Gasteiger partial charge < -0.3 is 10.1 Å². The minimum absolute atomic E-state index is 0.116. The molecule has 0 saturated carbocycles. The van der Waals surface area contributed by atoms with E-state index in [0.29, 0.717) is 24.2 Å². The van der Waals surface area contributed by atoms with E-state index in [4.69, 9.17) is 5.73 Å². The Kier molecular flexibility index (Phi) is 4.79. The number of allylic oxidation sites excluding steroid dienone is 2. The summed E-state index contributed by atoms with van der Waals surface area (Å²) in [7, 11) is 2.41. The molecule has 1 aromatic rings. The van der Waals surface area contributed by atoms with Crippen molar-refractivity contribution in [3.63, 3.8) is 0 Å². The Hall–Kier alpha value is -1.25. The molecule has 0 fully saturated rings.